The maximum Gasteiger partial charge on any atom is 0.309 e. The van der Waals surface area contributed by atoms with Crippen LogP contribution in [-0.4, -0.2) is 42.1 Å². The van der Waals surface area contributed by atoms with Crippen LogP contribution in [0.3, 0.4) is 0 Å². The van der Waals surface area contributed by atoms with Gasteiger partial charge >= 0.3 is 11.8 Å². The maximum absolute atomic E-state index is 12.0. The van der Waals surface area contributed by atoms with Gasteiger partial charge in [-0.05, 0) is 24.6 Å². The first-order valence-corrected chi connectivity index (χ1v) is 8.74. The number of hydrogen-bond acceptors (Lipinski definition) is 6. The van der Waals surface area contributed by atoms with Crippen LogP contribution in [0.2, 0.25) is 5.02 Å². The summed E-state index contributed by atoms with van der Waals surface area (Å²) in [5.41, 5.74) is 0.600. The van der Waals surface area contributed by atoms with Crippen molar-refractivity contribution in [3.63, 3.8) is 0 Å². The normalized spacial score (nSPS) is 20.0. The Morgan fingerprint density at radius 1 is 1.36 bits per heavy atom. The molecule has 0 bridgehead atoms. The lowest BCUT2D eigenvalue weighted by molar-refractivity contribution is 0.0907. The van der Waals surface area contributed by atoms with Crippen molar-refractivity contribution in [2.24, 2.45) is 0 Å². The summed E-state index contributed by atoms with van der Waals surface area (Å²) in [5.74, 6) is -0.599. The van der Waals surface area contributed by atoms with Gasteiger partial charge in [0.05, 0.1) is 11.5 Å². The average molecular weight is 342 g/mol. The van der Waals surface area contributed by atoms with Gasteiger partial charge in [0.25, 0.3) is 0 Å². The minimum atomic E-state index is -3.06. The van der Waals surface area contributed by atoms with Crippen LogP contribution in [0.15, 0.2) is 28.7 Å². The fraction of sp³-hybridized carbons (Fsp3) is 0.308. The van der Waals surface area contributed by atoms with E-state index in [-0.39, 0.29) is 23.3 Å². The van der Waals surface area contributed by atoms with Gasteiger partial charge in [-0.2, -0.15) is 0 Å². The second-order valence-electron chi connectivity index (χ2n) is 5.00. The molecular formula is C13H12ClN3O4S. The second-order valence-corrected chi connectivity index (χ2v) is 7.66. The highest BCUT2D eigenvalue weighted by atomic mass is 35.5. The van der Waals surface area contributed by atoms with Gasteiger partial charge in [-0.3, -0.25) is 4.79 Å². The van der Waals surface area contributed by atoms with Gasteiger partial charge in [-0.15, -0.1) is 10.2 Å². The van der Waals surface area contributed by atoms with Gasteiger partial charge in [0.2, 0.25) is 5.89 Å². The molecule has 0 radical (unpaired) electrons. The van der Waals surface area contributed by atoms with Crippen molar-refractivity contribution < 1.29 is 17.6 Å². The molecule has 1 fully saturated rings. The highest BCUT2D eigenvalue weighted by molar-refractivity contribution is 7.91. The molecule has 0 saturated carbocycles. The molecule has 1 aromatic carbocycles. The average Bonchev–Trinajstić information content (AvgIpc) is 3.06. The third-order valence-corrected chi connectivity index (χ3v) is 5.26. The first-order chi connectivity index (χ1) is 10.4. The van der Waals surface area contributed by atoms with Crippen molar-refractivity contribution in [3.8, 4) is 11.5 Å². The van der Waals surface area contributed by atoms with Crippen LogP contribution in [0, 0.1) is 0 Å². The van der Waals surface area contributed by atoms with Crippen LogP contribution in [0.5, 0.6) is 0 Å². The molecule has 1 amide bonds. The summed E-state index contributed by atoms with van der Waals surface area (Å²) in [5, 5.41) is 10.6. The number of benzene rings is 1. The van der Waals surface area contributed by atoms with E-state index in [2.05, 4.69) is 15.5 Å². The van der Waals surface area contributed by atoms with Crippen LogP contribution < -0.4 is 5.32 Å². The van der Waals surface area contributed by atoms with Gasteiger partial charge in [-0.1, -0.05) is 17.7 Å². The molecule has 1 atom stereocenters. The lowest BCUT2D eigenvalue weighted by Crippen LogP contribution is -2.35. The number of nitrogens with zero attached hydrogens (tertiary/aromatic N) is 2. The van der Waals surface area contributed by atoms with Gasteiger partial charge < -0.3 is 9.73 Å². The summed E-state index contributed by atoms with van der Waals surface area (Å²) < 4.78 is 28.0. The molecule has 1 aliphatic rings. The molecule has 1 unspecified atom stereocenters. The molecule has 1 saturated heterocycles. The highest BCUT2D eigenvalue weighted by Gasteiger charge is 2.30. The number of carbonyl (C=O) groups excluding carboxylic acids is 1. The summed E-state index contributed by atoms with van der Waals surface area (Å²) in [6.45, 7) is 0. The third-order valence-electron chi connectivity index (χ3n) is 3.26. The Kier molecular flexibility index (Phi) is 3.88. The first-order valence-electron chi connectivity index (χ1n) is 6.54. The third kappa shape index (κ3) is 3.28. The van der Waals surface area contributed by atoms with Crippen LogP contribution in [0.25, 0.3) is 11.5 Å². The molecule has 9 heteroatoms. The van der Waals surface area contributed by atoms with Gasteiger partial charge in [0.15, 0.2) is 9.84 Å². The van der Waals surface area contributed by atoms with E-state index >= 15 is 0 Å². The van der Waals surface area contributed by atoms with E-state index in [1.807, 2.05) is 0 Å². The number of hydrogen-bond donors (Lipinski definition) is 1. The van der Waals surface area contributed by atoms with Crippen LogP contribution in [0.1, 0.15) is 17.1 Å². The zero-order valence-corrected chi connectivity index (χ0v) is 12.9. The van der Waals surface area contributed by atoms with E-state index in [9.17, 15) is 13.2 Å². The molecule has 7 nitrogen and oxygen atoms in total. The SMILES string of the molecule is O=C(NC1CCS(=O)(=O)C1)c1nnc(-c2cccc(Cl)c2)o1. The number of nitrogens with one attached hydrogen (secondary N) is 1. The molecule has 1 aliphatic heterocycles. The number of carbonyl (C=O) groups is 1. The lowest BCUT2D eigenvalue weighted by Gasteiger charge is -2.07. The van der Waals surface area contributed by atoms with E-state index in [0.717, 1.165) is 0 Å². The quantitative estimate of drug-likeness (QED) is 0.903. The van der Waals surface area contributed by atoms with Crippen molar-refractivity contribution in [1.29, 1.82) is 0 Å². The van der Waals surface area contributed by atoms with Crippen molar-refractivity contribution >= 4 is 27.3 Å². The predicted molar refractivity (Wildman–Crippen MR) is 79.3 cm³/mol. The topological polar surface area (TPSA) is 102 Å². The Labute approximate surface area is 131 Å². The van der Waals surface area contributed by atoms with Crippen molar-refractivity contribution in [1.82, 2.24) is 15.5 Å². The largest absolute Gasteiger partial charge is 0.412 e. The molecule has 22 heavy (non-hydrogen) atoms. The Morgan fingerprint density at radius 2 is 2.18 bits per heavy atom. The van der Waals surface area contributed by atoms with E-state index in [1.54, 1.807) is 24.3 Å². The number of aromatic nitrogens is 2. The number of rotatable bonds is 3. The molecule has 2 aromatic rings. The Morgan fingerprint density at radius 3 is 2.86 bits per heavy atom. The van der Waals surface area contributed by atoms with E-state index in [0.29, 0.717) is 17.0 Å². The highest BCUT2D eigenvalue weighted by Crippen LogP contribution is 2.21. The predicted octanol–water partition coefficient (Wildman–Crippen LogP) is 1.31. The summed E-state index contributed by atoms with van der Waals surface area (Å²) in [6.07, 6.45) is 0.392. The smallest absolute Gasteiger partial charge is 0.309 e. The van der Waals surface area contributed by atoms with E-state index in [1.165, 1.54) is 0 Å². The minimum Gasteiger partial charge on any atom is -0.412 e. The van der Waals surface area contributed by atoms with Crippen LogP contribution in [0.4, 0.5) is 0 Å². The minimum absolute atomic E-state index is 0.0615. The summed E-state index contributed by atoms with van der Waals surface area (Å²) >= 11 is 5.88. The number of amides is 1. The molecule has 1 aromatic heterocycles. The zero-order chi connectivity index (χ0) is 15.7. The summed E-state index contributed by atoms with van der Waals surface area (Å²) in [4.78, 5) is 12.0. The van der Waals surface area contributed by atoms with E-state index < -0.39 is 21.8 Å². The second kappa shape index (κ2) is 5.69. The van der Waals surface area contributed by atoms with Gasteiger partial charge in [0, 0.05) is 16.6 Å². The van der Waals surface area contributed by atoms with Gasteiger partial charge in [0.1, 0.15) is 0 Å². The van der Waals surface area contributed by atoms with Crippen LogP contribution >= 0.6 is 11.6 Å². The molecule has 2 heterocycles. The standard InChI is InChI=1S/C13H12ClN3O4S/c14-9-3-1-2-8(6-9)12-16-17-13(21-12)11(18)15-10-4-5-22(19,20)7-10/h1-3,6,10H,4-5,7H2,(H,15,18). The van der Waals surface area contributed by atoms with Crippen molar-refractivity contribution in [3.05, 3.63) is 35.2 Å². The number of sulfone groups is 1. The van der Waals surface area contributed by atoms with Gasteiger partial charge in [-0.25, -0.2) is 8.42 Å². The fourth-order valence-corrected chi connectivity index (χ4v) is 4.07. The first kappa shape index (κ1) is 15.0. The molecule has 116 valence electrons. The zero-order valence-electron chi connectivity index (χ0n) is 11.3. The maximum atomic E-state index is 12.0. The summed E-state index contributed by atoms with van der Waals surface area (Å²) in [6, 6.07) is 6.38. The molecule has 0 aliphatic carbocycles. The monoisotopic (exact) mass is 341 g/mol. The molecule has 1 N–H and O–H groups in total. The van der Waals surface area contributed by atoms with Crippen LogP contribution in [-0.2, 0) is 9.84 Å². The molecule has 0 spiro atoms. The molecule has 3 rings (SSSR count). The Hall–Kier alpha value is -1.93. The van der Waals surface area contributed by atoms with E-state index in [4.69, 9.17) is 16.0 Å². The number of halogens is 1. The Bertz CT molecular complexity index is 818. The Balaban J connectivity index is 1.72. The fourth-order valence-electron chi connectivity index (χ4n) is 2.21. The molecular weight excluding hydrogens is 330 g/mol. The van der Waals surface area contributed by atoms with Crippen molar-refractivity contribution in [2.45, 2.75) is 12.5 Å². The van der Waals surface area contributed by atoms with Crippen molar-refractivity contribution in [2.75, 3.05) is 11.5 Å². The summed E-state index contributed by atoms with van der Waals surface area (Å²) in [7, 11) is -3.06. The lowest BCUT2D eigenvalue weighted by atomic mass is 10.2.